The molecule has 6 rings (SSSR count). The van der Waals surface area contributed by atoms with Crippen LogP contribution in [0, 0.1) is 16.7 Å². The van der Waals surface area contributed by atoms with E-state index in [9.17, 15) is 0 Å². The normalized spacial score (nSPS) is 34.3. The molecule has 0 radical (unpaired) electrons. The molecule has 2 aromatic carbocycles. The maximum absolute atomic E-state index is 6.11. The van der Waals surface area contributed by atoms with Crippen LogP contribution in [0.3, 0.4) is 0 Å². The summed E-state index contributed by atoms with van der Waals surface area (Å²) in [6.45, 7) is 6.45. The third-order valence-electron chi connectivity index (χ3n) is 7.58. The van der Waals surface area contributed by atoms with Crippen LogP contribution >= 0.6 is 23.2 Å². The summed E-state index contributed by atoms with van der Waals surface area (Å²) in [6, 6.07) is 14.1. The molecule has 4 aliphatic carbocycles. The molecule has 0 aliphatic heterocycles. The molecule has 30 heavy (non-hydrogen) atoms. The Balaban J connectivity index is 1.24. The first-order valence-corrected chi connectivity index (χ1v) is 11.9. The van der Waals surface area contributed by atoms with Gasteiger partial charge in [0.05, 0.1) is 10.0 Å². The highest BCUT2D eigenvalue weighted by Gasteiger charge is 2.59. The van der Waals surface area contributed by atoms with Gasteiger partial charge in [-0.05, 0) is 90.7 Å². The van der Waals surface area contributed by atoms with Crippen molar-refractivity contribution in [2.75, 3.05) is 0 Å². The van der Waals surface area contributed by atoms with Gasteiger partial charge in [-0.3, -0.25) is 0 Å². The van der Waals surface area contributed by atoms with E-state index in [1.165, 1.54) is 44.1 Å². The summed E-state index contributed by atoms with van der Waals surface area (Å²) in [5, 5.41) is 5.15. The molecule has 4 atom stereocenters. The lowest BCUT2D eigenvalue weighted by atomic mass is 9.43. The van der Waals surface area contributed by atoms with Crippen LogP contribution < -0.4 is 10.1 Å². The maximum atomic E-state index is 6.11. The first kappa shape index (κ1) is 20.7. The third-order valence-corrected chi connectivity index (χ3v) is 8.32. The van der Waals surface area contributed by atoms with Crippen LogP contribution in [0.25, 0.3) is 0 Å². The third kappa shape index (κ3) is 4.11. The largest absolute Gasteiger partial charge is 0.489 e. The Bertz CT molecular complexity index is 940. The highest BCUT2D eigenvalue weighted by Crippen LogP contribution is 2.66. The first-order valence-electron chi connectivity index (χ1n) is 11.1. The summed E-state index contributed by atoms with van der Waals surface area (Å²) in [5.74, 6) is 1.80. The van der Waals surface area contributed by atoms with Crippen molar-refractivity contribution in [3.05, 3.63) is 63.6 Å². The molecule has 160 valence electrons. The Hall–Kier alpha value is -1.22. The van der Waals surface area contributed by atoms with Gasteiger partial charge in [0.2, 0.25) is 0 Å². The fourth-order valence-electron chi connectivity index (χ4n) is 7.48. The second kappa shape index (κ2) is 7.43. The molecule has 1 N–H and O–H groups in total. The summed E-state index contributed by atoms with van der Waals surface area (Å²) in [7, 11) is 0. The number of rotatable bonds is 6. The molecule has 2 nitrogen and oxygen atoms in total. The van der Waals surface area contributed by atoms with Gasteiger partial charge in [0.25, 0.3) is 0 Å². The van der Waals surface area contributed by atoms with Gasteiger partial charge in [0.1, 0.15) is 12.4 Å². The summed E-state index contributed by atoms with van der Waals surface area (Å²) < 4.78 is 6.03. The first-order chi connectivity index (χ1) is 14.2. The van der Waals surface area contributed by atoms with Crippen molar-refractivity contribution in [3.63, 3.8) is 0 Å². The van der Waals surface area contributed by atoms with E-state index in [-0.39, 0.29) is 0 Å². The van der Waals surface area contributed by atoms with E-state index in [1.54, 1.807) is 0 Å². The Kier molecular flexibility index (Phi) is 5.12. The van der Waals surface area contributed by atoms with Gasteiger partial charge >= 0.3 is 0 Å². The fraction of sp³-hybridized carbons (Fsp3) is 0.538. The smallest absolute Gasteiger partial charge is 0.120 e. The summed E-state index contributed by atoms with van der Waals surface area (Å²) >= 11 is 12.1. The lowest BCUT2D eigenvalue weighted by Gasteiger charge is -2.65. The summed E-state index contributed by atoms with van der Waals surface area (Å²) in [4.78, 5) is 0. The predicted octanol–water partition coefficient (Wildman–Crippen LogP) is 7.41. The average molecular weight is 444 g/mol. The molecule has 0 heterocycles. The van der Waals surface area contributed by atoms with Gasteiger partial charge in [0.15, 0.2) is 0 Å². The Labute approximate surface area is 190 Å². The van der Waals surface area contributed by atoms with Gasteiger partial charge < -0.3 is 10.1 Å². The number of nitrogens with one attached hydrogen (secondary N) is 1. The second-order valence-electron chi connectivity index (χ2n) is 10.9. The second-order valence-corrected chi connectivity index (χ2v) is 11.8. The van der Waals surface area contributed by atoms with Crippen molar-refractivity contribution in [1.82, 2.24) is 5.32 Å². The van der Waals surface area contributed by atoms with Crippen LogP contribution in [0.4, 0.5) is 0 Å². The van der Waals surface area contributed by atoms with Crippen molar-refractivity contribution >= 4 is 23.2 Å². The number of hydrogen-bond acceptors (Lipinski definition) is 2. The molecule has 0 aromatic heterocycles. The molecule has 4 heteroatoms. The molecule has 0 saturated heterocycles. The van der Waals surface area contributed by atoms with Gasteiger partial charge in [-0.2, -0.15) is 0 Å². The molecule has 2 aromatic rings. The summed E-state index contributed by atoms with van der Waals surface area (Å²) in [5.41, 5.74) is 3.69. The highest BCUT2D eigenvalue weighted by atomic mass is 35.5. The van der Waals surface area contributed by atoms with Crippen molar-refractivity contribution in [2.24, 2.45) is 16.7 Å². The number of benzene rings is 2. The van der Waals surface area contributed by atoms with Gasteiger partial charge in [-0.15, -0.1) is 0 Å². The van der Waals surface area contributed by atoms with E-state index in [0.29, 0.717) is 33.0 Å². The minimum atomic E-state index is 0.319. The Morgan fingerprint density at radius 3 is 2.37 bits per heavy atom. The van der Waals surface area contributed by atoms with Crippen LogP contribution in [0.15, 0.2) is 42.5 Å². The van der Waals surface area contributed by atoms with Gasteiger partial charge in [-0.25, -0.2) is 0 Å². The van der Waals surface area contributed by atoms with E-state index >= 15 is 0 Å². The van der Waals surface area contributed by atoms with E-state index in [4.69, 9.17) is 27.9 Å². The van der Waals surface area contributed by atoms with Crippen molar-refractivity contribution < 1.29 is 4.74 Å². The van der Waals surface area contributed by atoms with Crippen LogP contribution in [0.5, 0.6) is 5.75 Å². The zero-order chi connectivity index (χ0) is 21.0. The van der Waals surface area contributed by atoms with Crippen molar-refractivity contribution in [1.29, 1.82) is 0 Å². The molecule has 0 spiro atoms. The lowest BCUT2D eigenvalue weighted by Crippen LogP contribution is -2.63. The average Bonchev–Trinajstić information content (AvgIpc) is 2.65. The SMILES string of the molecule is C[C@]12CC3CC(NCc4cccc(OCc5ccc(Cl)c(Cl)c5)c4)(C1)C[C@@](C)(C3)C2. The van der Waals surface area contributed by atoms with E-state index in [0.717, 1.165) is 23.8 Å². The number of hydrogen-bond donors (Lipinski definition) is 1. The van der Waals surface area contributed by atoms with Crippen molar-refractivity contribution in [2.45, 2.75) is 71.1 Å². The van der Waals surface area contributed by atoms with Crippen LogP contribution in [-0.4, -0.2) is 5.54 Å². The van der Waals surface area contributed by atoms with Gasteiger partial charge in [-0.1, -0.05) is 55.2 Å². The zero-order valence-electron chi connectivity index (χ0n) is 17.9. The highest BCUT2D eigenvalue weighted by molar-refractivity contribution is 6.42. The lowest BCUT2D eigenvalue weighted by molar-refractivity contribution is -0.118. The molecule has 2 unspecified atom stereocenters. The van der Waals surface area contributed by atoms with E-state index < -0.39 is 0 Å². The topological polar surface area (TPSA) is 21.3 Å². The Morgan fingerprint density at radius 1 is 0.900 bits per heavy atom. The van der Waals surface area contributed by atoms with Crippen LogP contribution in [-0.2, 0) is 13.2 Å². The molecule has 4 aliphatic rings. The standard InChI is InChI=1S/C26H31Cl2NO/c1-24-10-20-11-25(2,15-24)17-26(12-20,16-24)29-13-18-4-3-5-21(8-18)30-14-19-6-7-22(27)23(28)9-19/h3-9,20,29H,10-17H2,1-2H3/t20?,24-,25+,26?. The zero-order valence-corrected chi connectivity index (χ0v) is 19.5. The Morgan fingerprint density at radius 2 is 1.67 bits per heavy atom. The quantitative estimate of drug-likeness (QED) is 0.501. The molecular formula is C26H31Cl2NO. The number of ether oxygens (including phenoxy) is 1. The molecule has 0 amide bonds. The van der Waals surface area contributed by atoms with Crippen LogP contribution in [0.2, 0.25) is 10.0 Å². The van der Waals surface area contributed by atoms with Crippen LogP contribution in [0.1, 0.15) is 63.5 Å². The van der Waals surface area contributed by atoms with E-state index in [2.05, 4.69) is 37.4 Å². The molecule has 4 saturated carbocycles. The van der Waals surface area contributed by atoms with Crippen molar-refractivity contribution in [3.8, 4) is 5.75 Å². The minimum absolute atomic E-state index is 0.319. The van der Waals surface area contributed by atoms with E-state index in [1.807, 2.05) is 24.3 Å². The molecule has 4 fully saturated rings. The minimum Gasteiger partial charge on any atom is -0.489 e. The molecular weight excluding hydrogens is 413 g/mol. The fourth-order valence-corrected chi connectivity index (χ4v) is 7.80. The maximum Gasteiger partial charge on any atom is 0.120 e. The monoisotopic (exact) mass is 443 g/mol. The van der Waals surface area contributed by atoms with Gasteiger partial charge in [0, 0.05) is 12.1 Å². The molecule has 4 bridgehead atoms. The number of halogens is 2. The predicted molar refractivity (Wildman–Crippen MR) is 124 cm³/mol. The summed E-state index contributed by atoms with van der Waals surface area (Å²) in [6.07, 6.45) is 8.30.